The van der Waals surface area contributed by atoms with Crippen LogP contribution in [0.4, 0.5) is 0 Å². The van der Waals surface area contributed by atoms with Gasteiger partial charge in [-0.3, -0.25) is 0 Å². The van der Waals surface area contributed by atoms with Gasteiger partial charge in [0, 0.05) is 12.1 Å². The van der Waals surface area contributed by atoms with E-state index < -0.39 is 0 Å². The SMILES string of the molecule is CCCNCc1cc(C)ccc1OC(C)C. The number of nitrogens with one attached hydrogen (secondary N) is 1. The first kappa shape index (κ1) is 13.0. The number of aryl methyl sites for hydroxylation is 1. The van der Waals surface area contributed by atoms with Crippen LogP contribution in [0, 0.1) is 6.92 Å². The lowest BCUT2D eigenvalue weighted by Crippen LogP contribution is -2.16. The molecule has 0 aliphatic heterocycles. The monoisotopic (exact) mass is 221 g/mol. The lowest BCUT2D eigenvalue weighted by Gasteiger charge is -2.15. The molecule has 0 aromatic heterocycles. The summed E-state index contributed by atoms with van der Waals surface area (Å²) in [5, 5.41) is 3.41. The van der Waals surface area contributed by atoms with Crippen molar-refractivity contribution in [1.29, 1.82) is 0 Å². The highest BCUT2D eigenvalue weighted by atomic mass is 16.5. The van der Waals surface area contributed by atoms with Gasteiger partial charge in [0.2, 0.25) is 0 Å². The van der Waals surface area contributed by atoms with Crippen LogP contribution < -0.4 is 10.1 Å². The van der Waals surface area contributed by atoms with Crippen molar-refractivity contribution in [2.45, 2.75) is 46.8 Å². The topological polar surface area (TPSA) is 21.3 Å². The summed E-state index contributed by atoms with van der Waals surface area (Å²) in [6.07, 6.45) is 1.39. The Balaban J connectivity index is 2.73. The fourth-order valence-electron chi connectivity index (χ4n) is 1.62. The van der Waals surface area contributed by atoms with E-state index in [1.54, 1.807) is 0 Å². The van der Waals surface area contributed by atoms with Crippen molar-refractivity contribution in [1.82, 2.24) is 5.32 Å². The largest absolute Gasteiger partial charge is 0.491 e. The van der Waals surface area contributed by atoms with Gasteiger partial charge >= 0.3 is 0 Å². The zero-order valence-corrected chi connectivity index (χ0v) is 10.8. The molecular weight excluding hydrogens is 198 g/mol. The maximum Gasteiger partial charge on any atom is 0.124 e. The molecule has 1 N–H and O–H groups in total. The zero-order valence-electron chi connectivity index (χ0n) is 10.8. The smallest absolute Gasteiger partial charge is 0.124 e. The molecule has 16 heavy (non-hydrogen) atoms. The van der Waals surface area contributed by atoms with E-state index in [9.17, 15) is 0 Å². The van der Waals surface area contributed by atoms with Gasteiger partial charge in [-0.05, 0) is 39.8 Å². The Kier molecular flexibility index (Phi) is 5.33. The van der Waals surface area contributed by atoms with Crippen molar-refractivity contribution >= 4 is 0 Å². The molecule has 0 bridgehead atoms. The summed E-state index contributed by atoms with van der Waals surface area (Å²) in [7, 11) is 0. The van der Waals surface area contributed by atoms with Gasteiger partial charge in [-0.15, -0.1) is 0 Å². The van der Waals surface area contributed by atoms with E-state index in [1.165, 1.54) is 11.1 Å². The fraction of sp³-hybridized carbons (Fsp3) is 0.571. The minimum atomic E-state index is 0.229. The van der Waals surface area contributed by atoms with Gasteiger partial charge in [0.05, 0.1) is 6.10 Å². The van der Waals surface area contributed by atoms with Crippen molar-refractivity contribution in [3.8, 4) is 5.75 Å². The Morgan fingerprint density at radius 1 is 1.31 bits per heavy atom. The highest BCUT2D eigenvalue weighted by molar-refractivity contribution is 5.37. The fourth-order valence-corrected chi connectivity index (χ4v) is 1.62. The van der Waals surface area contributed by atoms with E-state index in [1.807, 2.05) is 0 Å². The minimum absolute atomic E-state index is 0.229. The van der Waals surface area contributed by atoms with Crippen molar-refractivity contribution in [3.05, 3.63) is 29.3 Å². The van der Waals surface area contributed by atoms with E-state index in [-0.39, 0.29) is 6.10 Å². The normalized spacial score (nSPS) is 10.8. The van der Waals surface area contributed by atoms with Crippen LogP contribution in [0.5, 0.6) is 5.75 Å². The average Bonchev–Trinajstić information content (AvgIpc) is 2.22. The lowest BCUT2D eigenvalue weighted by molar-refractivity contribution is 0.239. The first-order valence-corrected chi connectivity index (χ1v) is 6.10. The number of benzene rings is 1. The molecule has 0 heterocycles. The first-order valence-electron chi connectivity index (χ1n) is 6.10. The third-order valence-electron chi connectivity index (χ3n) is 2.32. The van der Waals surface area contributed by atoms with Gasteiger partial charge in [0.25, 0.3) is 0 Å². The molecule has 2 heteroatoms. The van der Waals surface area contributed by atoms with Gasteiger partial charge in [0.15, 0.2) is 0 Å². The maximum atomic E-state index is 5.79. The molecule has 1 rings (SSSR count). The second-order valence-electron chi connectivity index (χ2n) is 4.45. The standard InChI is InChI=1S/C14H23NO/c1-5-8-15-10-13-9-12(4)6-7-14(13)16-11(2)3/h6-7,9,11,15H,5,8,10H2,1-4H3. The number of hydrogen-bond donors (Lipinski definition) is 1. The van der Waals surface area contributed by atoms with Crippen molar-refractivity contribution in [2.75, 3.05) is 6.54 Å². The lowest BCUT2D eigenvalue weighted by atomic mass is 10.1. The van der Waals surface area contributed by atoms with Gasteiger partial charge in [-0.1, -0.05) is 24.6 Å². The Morgan fingerprint density at radius 2 is 2.06 bits per heavy atom. The number of hydrogen-bond acceptors (Lipinski definition) is 2. The Hall–Kier alpha value is -1.02. The molecule has 2 nitrogen and oxygen atoms in total. The van der Waals surface area contributed by atoms with Gasteiger partial charge in [-0.2, -0.15) is 0 Å². The van der Waals surface area contributed by atoms with Gasteiger partial charge in [-0.25, -0.2) is 0 Å². The summed E-state index contributed by atoms with van der Waals surface area (Å²) in [6, 6.07) is 6.36. The van der Waals surface area contributed by atoms with E-state index in [2.05, 4.69) is 51.2 Å². The molecule has 1 aromatic carbocycles. The van der Waals surface area contributed by atoms with Gasteiger partial charge < -0.3 is 10.1 Å². The number of rotatable bonds is 6. The van der Waals surface area contributed by atoms with Crippen molar-refractivity contribution in [2.24, 2.45) is 0 Å². The molecule has 0 fully saturated rings. The third-order valence-corrected chi connectivity index (χ3v) is 2.32. The summed E-state index contributed by atoms with van der Waals surface area (Å²) >= 11 is 0. The summed E-state index contributed by atoms with van der Waals surface area (Å²) in [5.74, 6) is 1.00. The predicted octanol–water partition coefficient (Wildman–Crippen LogP) is 3.28. The highest BCUT2D eigenvalue weighted by Gasteiger charge is 2.05. The second kappa shape index (κ2) is 6.54. The van der Waals surface area contributed by atoms with E-state index >= 15 is 0 Å². The summed E-state index contributed by atoms with van der Waals surface area (Å²) in [4.78, 5) is 0. The van der Waals surface area contributed by atoms with Crippen LogP contribution in [0.3, 0.4) is 0 Å². The molecule has 0 aliphatic rings. The predicted molar refractivity (Wildman–Crippen MR) is 68.9 cm³/mol. The molecule has 0 amide bonds. The van der Waals surface area contributed by atoms with Gasteiger partial charge in [0.1, 0.15) is 5.75 Å². The Labute approximate surface area is 99.0 Å². The van der Waals surface area contributed by atoms with Crippen LogP contribution >= 0.6 is 0 Å². The zero-order chi connectivity index (χ0) is 12.0. The molecule has 0 unspecified atom stereocenters. The Morgan fingerprint density at radius 3 is 2.69 bits per heavy atom. The molecule has 0 saturated carbocycles. The quantitative estimate of drug-likeness (QED) is 0.744. The molecule has 0 radical (unpaired) electrons. The maximum absolute atomic E-state index is 5.79. The van der Waals surface area contributed by atoms with Crippen LogP contribution in [0.25, 0.3) is 0 Å². The first-order chi connectivity index (χ1) is 7.63. The summed E-state index contributed by atoms with van der Waals surface area (Å²) < 4.78 is 5.79. The van der Waals surface area contributed by atoms with Crippen LogP contribution in [0.2, 0.25) is 0 Å². The van der Waals surface area contributed by atoms with E-state index in [4.69, 9.17) is 4.74 Å². The van der Waals surface area contributed by atoms with Crippen LogP contribution in [0.15, 0.2) is 18.2 Å². The van der Waals surface area contributed by atoms with E-state index in [0.717, 1.165) is 25.3 Å². The number of ether oxygens (including phenoxy) is 1. The average molecular weight is 221 g/mol. The molecule has 0 spiro atoms. The molecule has 1 aromatic rings. The van der Waals surface area contributed by atoms with Crippen LogP contribution in [-0.2, 0) is 6.54 Å². The highest BCUT2D eigenvalue weighted by Crippen LogP contribution is 2.21. The van der Waals surface area contributed by atoms with Crippen molar-refractivity contribution < 1.29 is 4.74 Å². The minimum Gasteiger partial charge on any atom is -0.491 e. The third kappa shape index (κ3) is 4.23. The molecule has 0 saturated heterocycles. The molecule has 90 valence electrons. The second-order valence-corrected chi connectivity index (χ2v) is 4.45. The van der Waals surface area contributed by atoms with Crippen molar-refractivity contribution in [3.63, 3.8) is 0 Å². The summed E-state index contributed by atoms with van der Waals surface area (Å²) in [5.41, 5.74) is 2.53. The van der Waals surface area contributed by atoms with Crippen LogP contribution in [0.1, 0.15) is 38.3 Å². The van der Waals surface area contributed by atoms with E-state index in [0.29, 0.717) is 0 Å². The molecule has 0 aliphatic carbocycles. The molecular formula is C14H23NO. The summed E-state index contributed by atoms with van der Waals surface area (Å²) in [6.45, 7) is 10.3. The molecule has 0 atom stereocenters. The Bertz CT molecular complexity index is 321. The van der Waals surface area contributed by atoms with Crippen LogP contribution in [-0.4, -0.2) is 12.6 Å².